The van der Waals surface area contributed by atoms with E-state index in [0.29, 0.717) is 18.6 Å². The highest BCUT2D eigenvalue weighted by atomic mass is 127. The minimum Gasteiger partial charge on any atom is -0.494 e. The van der Waals surface area contributed by atoms with Crippen molar-refractivity contribution in [3.05, 3.63) is 30.3 Å². The summed E-state index contributed by atoms with van der Waals surface area (Å²) in [6.07, 6.45) is 7.52. The van der Waals surface area contributed by atoms with Gasteiger partial charge >= 0.3 is 0 Å². The third kappa shape index (κ3) is 7.96. The zero-order valence-electron chi connectivity index (χ0n) is 18.1. The van der Waals surface area contributed by atoms with Crippen LogP contribution in [0.3, 0.4) is 0 Å². The number of carbonyl (C=O) groups is 1. The second-order valence-corrected chi connectivity index (χ2v) is 8.02. The van der Waals surface area contributed by atoms with Crippen LogP contribution in [0.1, 0.15) is 51.9 Å². The maximum atomic E-state index is 12.6. The highest BCUT2D eigenvalue weighted by Crippen LogP contribution is 2.27. The van der Waals surface area contributed by atoms with Crippen molar-refractivity contribution in [2.45, 2.75) is 57.9 Å². The molecule has 1 unspecified atom stereocenters. The van der Waals surface area contributed by atoms with E-state index in [1.807, 2.05) is 30.3 Å². The zero-order chi connectivity index (χ0) is 20.3. The lowest BCUT2D eigenvalue weighted by Gasteiger charge is -2.21. The molecule has 1 saturated carbocycles. The Hall–Kier alpha value is -1.51. The van der Waals surface area contributed by atoms with E-state index < -0.39 is 0 Å². The molecule has 3 rings (SSSR count). The predicted octanol–water partition coefficient (Wildman–Crippen LogP) is 3.81. The van der Waals surface area contributed by atoms with Gasteiger partial charge in [0.25, 0.3) is 0 Å². The number of likely N-dealkylation sites (tertiary alicyclic amines) is 1. The van der Waals surface area contributed by atoms with Gasteiger partial charge in [0.15, 0.2) is 5.96 Å². The summed E-state index contributed by atoms with van der Waals surface area (Å²) in [5, 5.41) is 6.85. The molecule has 2 N–H and O–H groups in total. The molecule has 1 aliphatic carbocycles. The first-order valence-corrected chi connectivity index (χ1v) is 11.3. The number of amides is 1. The van der Waals surface area contributed by atoms with Crippen LogP contribution in [0.15, 0.2) is 35.3 Å². The van der Waals surface area contributed by atoms with Gasteiger partial charge in [-0.2, -0.15) is 0 Å². The van der Waals surface area contributed by atoms with Gasteiger partial charge in [-0.3, -0.25) is 9.79 Å². The minimum absolute atomic E-state index is 0. The molecule has 1 amide bonds. The van der Waals surface area contributed by atoms with Crippen LogP contribution < -0.4 is 15.4 Å². The number of benzene rings is 1. The summed E-state index contributed by atoms with van der Waals surface area (Å²) in [5.74, 6) is 2.42. The third-order valence-corrected chi connectivity index (χ3v) is 5.72. The van der Waals surface area contributed by atoms with Crippen molar-refractivity contribution in [2.75, 3.05) is 32.8 Å². The number of aliphatic imine (C=N–C) groups is 1. The number of hydrogen-bond donors (Lipinski definition) is 2. The quantitative estimate of drug-likeness (QED) is 0.222. The fourth-order valence-corrected chi connectivity index (χ4v) is 4.13. The van der Waals surface area contributed by atoms with Crippen LogP contribution in [0.5, 0.6) is 5.75 Å². The van der Waals surface area contributed by atoms with E-state index in [1.165, 1.54) is 12.8 Å². The molecule has 0 radical (unpaired) electrons. The molecule has 2 fully saturated rings. The molecule has 30 heavy (non-hydrogen) atoms. The lowest BCUT2D eigenvalue weighted by molar-refractivity contribution is -0.134. The zero-order valence-corrected chi connectivity index (χ0v) is 20.5. The van der Waals surface area contributed by atoms with Crippen molar-refractivity contribution in [3.8, 4) is 5.75 Å². The Balaban J connectivity index is 0.00000320. The molecular formula is C23H37IN4O2. The maximum Gasteiger partial charge on any atom is 0.225 e. The number of nitrogens with zero attached hydrogens (tertiary/aromatic N) is 2. The Morgan fingerprint density at radius 1 is 1.17 bits per heavy atom. The number of para-hydroxylation sites is 1. The van der Waals surface area contributed by atoms with Crippen molar-refractivity contribution in [1.29, 1.82) is 0 Å². The number of guanidine groups is 1. The second-order valence-electron chi connectivity index (χ2n) is 8.02. The number of halogens is 1. The molecule has 0 aromatic heterocycles. The molecule has 168 valence electrons. The van der Waals surface area contributed by atoms with Crippen molar-refractivity contribution in [1.82, 2.24) is 15.5 Å². The Kier molecular flexibility index (Phi) is 11.3. The summed E-state index contributed by atoms with van der Waals surface area (Å²) >= 11 is 0. The molecule has 0 bridgehead atoms. The van der Waals surface area contributed by atoms with Gasteiger partial charge in [0.2, 0.25) is 5.91 Å². The SMILES string of the molecule is CCNC(=NCCCCOc1ccccc1)NC1CCN(C(=O)C2CCCC2)C1.I. The molecule has 1 heterocycles. The molecule has 6 nitrogen and oxygen atoms in total. The van der Waals surface area contributed by atoms with Crippen LogP contribution in [0, 0.1) is 5.92 Å². The molecule has 0 spiro atoms. The van der Waals surface area contributed by atoms with Crippen LogP contribution in [0.4, 0.5) is 0 Å². The molecule has 1 aromatic rings. The largest absolute Gasteiger partial charge is 0.494 e. The first-order valence-electron chi connectivity index (χ1n) is 11.3. The average molecular weight is 528 g/mol. The second kappa shape index (κ2) is 13.7. The van der Waals surface area contributed by atoms with E-state index in [-0.39, 0.29) is 29.9 Å². The van der Waals surface area contributed by atoms with Gasteiger partial charge in [0.05, 0.1) is 6.61 Å². The number of carbonyl (C=O) groups excluding carboxylic acids is 1. The average Bonchev–Trinajstić information content (AvgIpc) is 3.43. The normalized spacial score (nSPS) is 19.4. The summed E-state index contributed by atoms with van der Waals surface area (Å²) < 4.78 is 5.73. The smallest absolute Gasteiger partial charge is 0.225 e. The number of rotatable bonds is 9. The van der Waals surface area contributed by atoms with E-state index in [9.17, 15) is 4.79 Å². The van der Waals surface area contributed by atoms with E-state index in [2.05, 4.69) is 22.5 Å². The fraction of sp³-hybridized carbons (Fsp3) is 0.652. The standard InChI is InChI=1S/C23H36N4O2.HI/c1-2-24-23(25-15-8-9-17-29-21-12-4-3-5-13-21)26-20-14-16-27(18-20)22(28)19-10-6-7-11-19;/h3-5,12-13,19-20H,2,6-11,14-18H2,1H3,(H2,24,25,26);1H. The van der Waals surface area contributed by atoms with Crippen LogP contribution in [-0.4, -0.2) is 55.6 Å². The Morgan fingerprint density at radius 2 is 1.93 bits per heavy atom. The van der Waals surface area contributed by atoms with E-state index >= 15 is 0 Å². The highest BCUT2D eigenvalue weighted by Gasteiger charge is 2.32. The van der Waals surface area contributed by atoms with Gasteiger partial charge < -0.3 is 20.3 Å². The van der Waals surface area contributed by atoms with Gasteiger partial charge in [-0.05, 0) is 51.2 Å². The van der Waals surface area contributed by atoms with E-state index in [0.717, 1.165) is 70.0 Å². The van der Waals surface area contributed by atoms with Gasteiger partial charge in [-0.15, -0.1) is 24.0 Å². The summed E-state index contributed by atoms with van der Waals surface area (Å²) in [7, 11) is 0. The van der Waals surface area contributed by atoms with Crippen molar-refractivity contribution < 1.29 is 9.53 Å². The molecular weight excluding hydrogens is 491 g/mol. The number of ether oxygens (including phenoxy) is 1. The van der Waals surface area contributed by atoms with Crippen molar-refractivity contribution >= 4 is 35.8 Å². The lowest BCUT2D eigenvalue weighted by atomic mass is 10.1. The summed E-state index contributed by atoms with van der Waals surface area (Å²) in [6, 6.07) is 10.2. The highest BCUT2D eigenvalue weighted by molar-refractivity contribution is 14.0. The first kappa shape index (κ1) is 24.8. The molecule has 1 aromatic carbocycles. The summed E-state index contributed by atoms with van der Waals surface area (Å²) in [4.78, 5) is 19.4. The van der Waals surface area contributed by atoms with E-state index in [1.54, 1.807) is 0 Å². The van der Waals surface area contributed by atoms with Crippen molar-refractivity contribution in [3.63, 3.8) is 0 Å². The minimum atomic E-state index is 0. The maximum absolute atomic E-state index is 12.6. The van der Waals surface area contributed by atoms with Gasteiger partial charge in [0, 0.05) is 38.1 Å². The fourth-order valence-electron chi connectivity index (χ4n) is 4.13. The summed E-state index contributed by atoms with van der Waals surface area (Å²) in [5.41, 5.74) is 0. The Bertz CT molecular complexity index is 650. The van der Waals surface area contributed by atoms with Crippen LogP contribution >= 0.6 is 24.0 Å². The molecule has 1 atom stereocenters. The topological polar surface area (TPSA) is 66.0 Å². The van der Waals surface area contributed by atoms with Gasteiger partial charge in [-0.25, -0.2) is 0 Å². The van der Waals surface area contributed by atoms with Crippen LogP contribution in [0.2, 0.25) is 0 Å². The molecule has 1 aliphatic heterocycles. The van der Waals surface area contributed by atoms with Crippen LogP contribution in [0.25, 0.3) is 0 Å². The molecule has 2 aliphatic rings. The first-order chi connectivity index (χ1) is 14.3. The molecule has 7 heteroatoms. The van der Waals surface area contributed by atoms with E-state index in [4.69, 9.17) is 9.73 Å². The van der Waals surface area contributed by atoms with Crippen molar-refractivity contribution in [2.24, 2.45) is 10.9 Å². The Morgan fingerprint density at radius 3 is 2.67 bits per heavy atom. The lowest BCUT2D eigenvalue weighted by Crippen LogP contribution is -2.45. The summed E-state index contributed by atoms with van der Waals surface area (Å²) in [6.45, 7) is 6.05. The monoisotopic (exact) mass is 528 g/mol. The molecule has 1 saturated heterocycles. The van der Waals surface area contributed by atoms with Crippen LogP contribution in [-0.2, 0) is 4.79 Å². The van der Waals surface area contributed by atoms with Gasteiger partial charge in [-0.1, -0.05) is 31.0 Å². The number of unbranched alkanes of at least 4 members (excludes halogenated alkanes) is 1. The predicted molar refractivity (Wildman–Crippen MR) is 133 cm³/mol. The van der Waals surface area contributed by atoms with Gasteiger partial charge in [0.1, 0.15) is 5.75 Å². The Labute approximate surface area is 198 Å². The number of nitrogens with one attached hydrogen (secondary N) is 2. The third-order valence-electron chi connectivity index (χ3n) is 5.72. The number of hydrogen-bond acceptors (Lipinski definition) is 3.